The molecule has 0 aliphatic carbocycles. The molecule has 1 heterocycles. The third-order valence-corrected chi connectivity index (χ3v) is 5.75. The lowest BCUT2D eigenvalue weighted by atomic mass is 9.94. The molecule has 36 heavy (non-hydrogen) atoms. The van der Waals surface area contributed by atoms with E-state index in [9.17, 15) is 24.2 Å². The van der Waals surface area contributed by atoms with Gasteiger partial charge in [0.05, 0.1) is 30.9 Å². The van der Waals surface area contributed by atoms with Gasteiger partial charge in [0.1, 0.15) is 28.8 Å². The van der Waals surface area contributed by atoms with Crippen LogP contribution < -0.4 is 14.4 Å². The highest BCUT2D eigenvalue weighted by atomic mass is 19.1. The van der Waals surface area contributed by atoms with Crippen molar-refractivity contribution in [1.82, 2.24) is 0 Å². The van der Waals surface area contributed by atoms with Crippen LogP contribution in [0.2, 0.25) is 0 Å². The summed E-state index contributed by atoms with van der Waals surface area (Å²) in [5, 5.41) is 21.3. The van der Waals surface area contributed by atoms with E-state index < -0.39 is 29.3 Å². The molecule has 0 spiro atoms. The molecule has 1 atom stereocenters. The van der Waals surface area contributed by atoms with E-state index in [4.69, 9.17) is 9.47 Å². The number of anilines is 1. The van der Waals surface area contributed by atoms with Crippen LogP contribution in [0.4, 0.5) is 10.1 Å². The van der Waals surface area contributed by atoms with E-state index >= 15 is 0 Å². The molecule has 7 nitrogen and oxygen atoms in total. The average Bonchev–Trinajstić information content (AvgIpc) is 3.13. The first-order valence-corrected chi connectivity index (χ1v) is 11.4. The molecule has 186 valence electrons. The molecule has 1 amide bonds. The quantitative estimate of drug-likeness (QED) is 0.268. The number of aliphatic hydroxyl groups is 1. The number of hydrogen-bond donors (Lipinski definition) is 2. The molecule has 0 aromatic heterocycles. The molecule has 1 aliphatic rings. The predicted octanol–water partition coefficient (Wildman–Crippen LogP) is 5.20. The maximum Gasteiger partial charge on any atom is 0.300 e. The number of Topliss-reactive ketones (excluding diaryl/α,β-unsaturated/α-hetero) is 1. The van der Waals surface area contributed by atoms with E-state index in [2.05, 4.69) is 0 Å². The lowest BCUT2D eigenvalue weighted by Crippen LogP contribution is -2.29. The summed E-state index contributed by atoms with van der Waals surface area (Å²) in [4.78, 5) is 27.8. The first-order chi connectivity index (χ1) is 17.2. The number of rotatable bonds is 7. The van der Waals surface area contributed by atoms with Crippen molar-refractivity contribution in [2.75, 3.05) is 18.6 Å². The predicted molar refractivity (Wildman–Crippen MR) is 133 cm³/mol. The number of aromatic hydroxyl groups is 1. The summed E-state index contributed by atoms with van der Waals surface area (Å²) in [5.74, 6) is -2.10. The van der Waals surface area contributed by atoms with Gasteiger partial charge in [-0.05, 0) is 66.1 Å². The summed E-state index contributed by atoms with van der Waals surface area (Å²) in [6.45, 7) is 4.57. The molecular formula is C28H26FNO6. The molecule has 3 aromatic rings. The SMILES string of the molecule is COc1ccc(F)cc1/C(O)=C1\C(=O)C(=O)N(c2ccc(OCC(C)C)cc2)C1c1cccc(O)c1. The van der Waals surface area contributed by atoms with Gasteiger partial charge in [-0.2, -0.15) is 0 Å². The molecule has 1 saturated heterocycles. The van der Waals surface area contributed by atoms with Gasteiger partial charge < -0.3 is 19.7 Å². The minimum Gasteiger partial charge on any atom is -0.508 e. The van der Waals surface area contributed by atoms with Gasteiger partial charge in [0.15, 0.2) is 0 Å². The lowest BCUT2D eigenvalue weighted by Gasteiger charge is -2.26. The number of hydrogen-bond acceptors (Lipinski definition) is 6. The number of amides is 1. The standard InChI is InChI=1S/C28H26FNO6/c1-16(2)15-36-21-10-8-19(9-11-21)30-25(17-5-4-6-20(31)13-17)24(27(33)28(30)34)26(32)22-14-18(29)7-12-23(22)35-3/h4-14,16,25,31-32H,15H2,1-3H3/b26-24+. The molecule has 4 rings (SSSR count). The largest absolute Gasteiger partial charge is 0.508 e. The van der Waals surface area contributed by atoms with Crippen LogP contribution in [-0.2, 0) is 9.59 Å². The van der Waals surface area contributed by atoms with Gasteiger partial charge in [-0.1, -0.05) is 26.0 Å². The smallest absolute Gasteiger partial charge is 0.300 e. The third-order valence-electron chi connectivity index (χ3n) is 5.75. The molecular weight excluding hydrogens is 465 g/mol. The Bertz CT molecular complexity index is 1330. The summed E-state index contributed by atoms with van der Waals surface area (Å²) in [5.41, 5.74) is 0.437. The molecule has 0 saturated carbocycles. The highest BCUT2D eigenvalue weighted by Crippen LogP contribution is 2.44. The van der Waals surface area contributed by atoms with Crippen molar-refractivity contribution in [2.24, 2.45) is 5.92 Å². The number of phenols is 1. The van der Waals surface area contributed by atoms with Crippen molar-refractivity contribution in [3.8, 4) is 17.2 Å². The molecule has 8 heteroatoms. The minimum atomic E-state index is -1.09. The molecule has 0 radical (unpaired) electrons. The topological polar surface area (TPSA) is 96.3 Å². The molecule has 1 unspecified atom stereocenters. The zero-order valence-corrected chi connectivity index (χ0v) is 20.1. The van der Waals surface area contributed by atoms with Gasteiger partial charge in [0.2, 0.25) is 0 Å². The van der Waals surface area contributed by atoms with Gasteiger partial charge in [0.25, 0.3) is 11.7 Å². The van der Waals surface area contributed by atoms with E-state index in [-0.39, 0.29) is 22.6 Å². The Kier molecular flexibility index (Phi) is 6.96. The highest BCUT2D eigenvalue weighted by molar-refractivity contribution is 6.51. The second-order valence-corrected chi connectivity index (χ2v) is 8.81. The third kappa shape index (κ3) is 4.75. The van der Waals surface area contributed by atoms with Crippen molar-refractivity contribution in [3.63, 3.8) is 0 Å². The number of benzene rings is 3. The first-order valence-electron chi connectivity index (χ1n) is 11.4. The van der Waals surface area contributed by atoms with E-state index in [0.717, 1.165) is 12.1 Å². The summed E-state index contributed by atoms with van der Waals surface area (Å²) in [7, 11) is 1.35. The molecule has 0 bridgehead atoms. The maximum absolute atomic E-state index is 14.1. The molecule has 1 fully saturated rings. The molecule has 1 aliphatic heterocycles. The Morgan fingerprint density at radius 1 is 1.06 bits per heavy atom. The summed E-state index contributed by atoms with van der Waals surface area (Å²) >= 11 is 0. The number of carbonyl (C=O) groups excluding carboxylic acids is 2. The van der Waals surface area contributed by atoms with E-state index in [1.807, 2.05) is 13.8 Å². The summed E-state index contributed by atoms with van der Waals surface area (Å²) in [6, 6.07) is 15.1. The highest BCUT2D eigenvalue weighted by Gasteiger charge is 2.47. The Hall–Kier alpha value is -4.33. The number of phenolic OH excluding ortho intramolecular Hbond substituents is 1. The van der Waals surface area contributed by atoms with Crippen LogP contribution in [-0.4, -0.2) is 35.6 Å². The zero-order chi connectivity index (χ0) is 26.0. The van der Waals surface area contributed by atoms with Gasteiger partial charge >= 0.3 is 0 Å². The van der Waals surface area contributed by atoms with Crippen LogP contribution >= 0.6 is 0 Å². The van der Waals surface area contributed by atoms with Gasteiger partial charge in [-0.25, -0.2) is 4.39 Å². The Balaban J connectivity index is 1.87. The van der Waals surface area contributed by atoms with E-state index in [1.54, 1.807) is 36.4 Å². The fourth-order valence-corrected chi connectivity index (χ4v) is 4.09. The monoisotopic (exact) mass is 491 g/mol. The van der Waals surface area contributed by atoms with Crippen LogP contribution in [0, 0.1) is 11.7 Å². The first kappa shape index (κ1) is 24.8. The van der Waals surface area contributed by atoms with Crippen molar-refractivity contribution >= 4 is 23.1 Å². The molecule has 3 aromatic carbocycles. The van der Waals surface area contributed by atoms with E-state index in [0.29, 0.717) is 29.5 Å². The number of methoxy groups -OCH3 is 1. The average molecular weight is 492 g/mol. The van der Waals surface area contributed by atoms with Crippen LogP contribution in [0.25, 0.3) is 5.76 Å². The fourth-order valence-electron chi connectivity index (χ4n) is 4.09. The van der Waals surface area contributed by atoms with Crippen molar-refractivity contribution in [2.45, 2.75) is 19.9 Å². The second kappa shape index (κ2) is 10.1. The zero-order valence-electron chi connectivity index (χ0n) is 20.1. The number of carbonyl (C=O) groups is 2. The Labute approximate surface area is 208 Å². The van der Waals surface area contributed by atoms with Crippen LogP contribution in [0.1, 0.15) is 31.0 Å². The number of aliphatic hydroxyl groups excluding tert-OH is 1. The number of ketones is 1. The maximum atomic E-state index is 14.1. The Morgan fingerprint density at radius 3 is 2.42 bits per heavy atom. The van der Waals surface area contributed by atoms with Crippen LogP contribution in [0.15, 0.2) is 72.3 Å². The molecule has 2 N–H and O–H groups in total. The van der Waals surface area contributed by atoms with Crippen molar-refractivity contribution < 1.29 is 33.7 Å². The van der Waals surface area contributed by atoms with Crippen molar-refractivity contribution in [3.05, 3.63) is 89.2 Å². The summed E-state index contributed by atoms with van der Waals surface area (Å²) in [6.07, 6.45) is 0. The van der Waals surface area contributed by atoms with Gasteiger partial charge in [0, 0.05) is 5.69 Å². The number of nitrogens with zero attached hydrogens (tertiary/aromatic N) is 1. The van der Waals surface area contributed by atoms with Gasteiger partial charge in [-0.3, -0.25) is 14.5 Å². The second-order valence-electron chi connectivity index (χ2n) is 8.81. The van der Waals surface area contributed by atoms with Crippen molar-refractivity contribution in [1.29, 1.82) is 0 Å². The normalized spacial score (nSPS) is 17.0. The van der Waals surface area contributed by atoms with Crippen LogP contribution in [0.5, 0.6) is 17.2 Å². The Morgan fingerprint density at radius 2 is 1.78 bits per heavy atom. The fraction of sp³-hybridized carbons (Fsp3) is 0.214. The van der Waals surface area contributed by atoms with Gasteiger partial charge in [-0.15, -0.1) is 0 Å². The number of halogens is 1. The number of ether oxygens (including phenoxy) is 2. The summed E-state index contributed by atoms with van der Waals surface area (Å²) < 4.78 is 25.0. The van der Waals surface area contributed by atoms with Crippen LogP contribution in [0.3, 0.4) is 0 Å². The minimum absolute atomic E-state index is 0.0712. The lowest BCUT2D eigenvalue weighted by molar-refractivity contribution is -0.132. The van der Waals surface area contributed by atoms with E-state index in [1.165, 1.54) is 30.2 Å².